The minimum atomic E-state index is -0.0984. The van der Waals surface area contributed by atoms with Gasteiger partial charge in [0, 0.05) is 6.61 Å². The van der Waals surface area contributed by atoms with Crippen LogP contribution < -0.4 is 0 Å². The van der Waals surface area contributed by atoms with E-state index in [4.69, 9.17) is 21.8 Å². The Hall–Kier alpha value is 0.210. The summed E-state index contributed by atoms with van der Waals surface area (Å²) in [6.07, 6.45) is 3.68. The second-order valence-electron chi connectivity index (χ2n) is 2.35. The first kappa shape index (κ1) is 10.2. The van der Waals surface area contributed by atoms with Crippen LogP contribution in [0.2, 0.25) is 0 Å². The highest BCUT2D eigenvalue weighted by molar-refractivity contribution is 6.20. The van der Waals surface area contributed by atoms with Crippen molar-refractivity contribution in [2.75, 3.05) is 13.2 Å². The Morgan fingerprint density at radius 1 is 1.10 bits per heavy atom. The molecule has 0 saturated heterocycles. The SMILES string of the molecule is OCCCCCC(Cl)CO. The number of aliphatic hydroxyl groups excluding tert-OH is 2. The van der Waals surface area contributed by atoms with E-state index in [9.17, 15) is 0 Å². The van der Waals surface area contributed by atoms with Gasteiger partial charge in [0.2, 0.25) is 0 Å². The monoisotopic (exact) mass is 166 g/mol. The zero-order valence-corrected chi connectivity index (χ0v) is 6.85. The second-order valence-corrected chi connectivity index (χ2v) is 2.97. The lowest BCUT2D eigenvalue weighted by atomic mass is 10.1. The molecule has 0 heterocycles. The van der Waals surface area contributed by atoms with Gasteiger partial charge in [0.1, 0.15) is 0 Å². The molecule has 0 aliphatic carbocycles. The van der Waals surface area contributed by atoms with E-state index in [-0.39, 0.29) is 18.6 Å². The molecule has 0 fully saturated rings. The highest BCUT2D eigenvalue weighted by Gasteiger charge is 2.00. The first-order valence-corrected chi connectivity index (χ1v) is 4.10. The Balaban J connectivity index is 2.89. The standard InChI is InChI=1S/C7H15ClO2/c8-7(6-10)4-2-1-3-5-9/h7,9-10H,1-6H2. The molecule has 2 nitrogen and oxygen atoms in total. The fraction of sp³-hybridized carbons (Fsp3) is 1.00. The maximum Gasteiger partial charge on any atom is 0.0595 e. The topological polar surface area (TPSA) is 40.5 Å². The van der Waals surface area contributed by atoms with Crippen LogP contribution in [0.4, 0.5) is 0 Å². The van der Waals surface area contributed by atoms with Gasteiger partial charge in [-0.05, 0) is 12.8 Å². The van der Waals surface area contributed by atoms with Crippen LogP contribution in [0.1, 0.15) is 25.7 Å². The normalized spacial score (nSPS) is 13.5. The predicted molar refractivity (Wildman–Crippen MR) is 42.3 cm³/mol. The summed E-state index contributed by atoms with van der Waals surface area (Å²) in [7, 11) is 0. The third-order valence-corrected chi connectivity index (χ3v) is 1.73. The second kappa shape index (κ2) is 7.32. The molecule has 0 aromatic heterocycles. The van der Waals surface area contributed by atoms with Gasteiger partial charge in [-0.2, -0.15) is 0 Å². The lowest BCUT2D eigenvalue weighted by Crippen LogP contribution is -2.03. The van der Waals surface area contributed by atoms with E-state index in [1.165, 1.54) is 0 Å². The van der Waals surface area contributed by atoms with E-state index in [0.29, 0.717) is 0 Å². The highest BCUT2D eigenvalue weighted by atomic mass is 35.5. The molecule has 0 radical (unpaired) electrons. The van der Waals surface area contributed by atoms with Crippen molar-refractivity contribution in [1.29, 1.82) is 0 Å². The number of halogens is 1. The Morgan fingerprint density at radius 3 is 2.30 bits per heavy atom. The average molecular weight is 167 g/mol. The molecule has 0 amide bonds. The van der Waals surface area contributed by atoms with Crippen LogP contribution in [0.15, 0.2) is 0 Å². The summed E-state index contributed by atoms with van der Waals surface area (Å²) in [6, 6.07) is 0. The van der Waals surface area contributed by atoms with Crippen molar-refractivity contribution in [3.05, 3.63) is 0 Å². The number of hydrogen-bond donors (Lipinski definition) is 2. The minimum absolute atomic E-state index is 0.0562. The van der Waals surface area contributed by atoms with Gasteiger partial charge in [0.15, 0.2) is 0 Å². The molecular weight excluding hydrogens is 152 g/mol. The molecule has 0 bridgehead atoms. The lowest BCUT2D eigenvalue weighted by Gasteiger charge is -2.03. The van der Waals surface area contributed by atoms with Crippen molar-refractivity contribution in [3.63, 3.8) is 0 Å². The molecule has 3 heteroatoms. The minimum Gasteiger partial charge on any atom is -0.396 e. The largest absolute Gasteiger partial charge is 0.396 e. The Bertz CT molecular complexity index is 68.6. The molecule has 0 saturated carbocycles. The Morgan fingerprint density at radius 2 is 1.80 bits per heavy atom. The molecule has 0 spiro atoms. The average Bonchev–Trinajstić information content (AvgIpc) is 1.98. The van der Waals surface area contributed by atoms with Crippen molar-refractivity contribution in [1.82, 2.24) is 0 Å². The predicted octanol–water partition coefficient (Wildman–Crippen LogP) is 1.14. The van der Waals surface area contributed by atoms with Gasteiger partial charge in [-0.1, -0.05) is 12.8 Å². The third-order valence-electron chi connectivity index (χ3n) is 1.37. The summed E-state index contributed by atoms with van der Waals surface area (Å²) < 4.78 is 0. The van der Waals surface area contributed by atoms with Crippen LogP contribution in [0.3, 0.4) is 0 Å². The number of alkyl halides is 1. The fourth-order valence-electron chi connectivity index (χ4n) is 0.746. The Kier molecular flexibility index (Phi) is 7.47. The molecule has 0 aromatic carbocycles. The summed E-state index contributed by atoms with van der Waals surface area (Å²) in [5, 5.41) is 16.8. The molecule has 1 unspecified atom stereocenters. The quantitative estimate of drug-likeness (QED) is 0.459. The molecule has 1 atom stereocenters. The summed E-state index contributed by atoms with van der Waals surface area (Å²) in [6.45, 7) is 0.312. The summed E-state index contributed by atoms with van der Waals surface area (Å²) in [4.78, 5) is 0. The van der Waals surface area contributed by atoms with Gasteiger partial charge in [-0.3, -0.25) is 0 Å². The zero-order valence-electron chi connectivity index (χ0n) is 6.09. The van der Waals surface area contributed by atoms with E-state index in [0.717, 1.165) is 25.7 Å². The Labute approximate surface area is 66.8 Å². The van der Waals surface area contributed by atoms with Crippen LogP contribution >= 0.6 is 11.6 Å². The lowest BCUT2D eigenvalue weighted by molar-refractivity contribution is 0.273. The van der Waals surface area contributed by atoms with E-state index in [2.05, 4.69) is 0 Å². The van der Waals surface area contributed by atoms with E-state index in [1.807, 2.05) is 0 Å². The van der Waals surface area contributed by atoms with Gasteiger partial charge in [-0.25, -0.2) is 0 Å². The van der Waals surface area contributed by atoms with Crippen LogP contribution in [0.25, 0.3) is 0 Å². The number of rotatable bonds is 6. The van der Waals surface area contributed by atoms with Crippen LogP contribution in [0.5, 0.6) is 0 Å². The molecule has 0 aromatic rings. The number of unbranched alkanes of at least 4 members (excludes halogenated alkanes) is 2. The first-order valence-electron chi connectivity index (χ1n) is 3.67. The zero-order chi connectivity index (χ0) is 7.82. The maximum absolute atomic E-state index is 8.51. The first-order chi connectivity index (χ1) is 4.81. The van der Waals surface area contributed by atoms with Gasteiger partial charge >= 0.3 is 0 Å². The van der Waals surface area contributed by atoms with Crippen molar-refractivity contribution < 1.29 is 10.2 Å². The smallest absolute Gasteiger partial charge is 0.0595 e. The van der Waals surface area contributed by atoms with Crippen molar-refractivity contribution in [2.24, 2.45) is 0 Å². The summed E-state index contributed by atoms with van der Waals surface area (Å²) in [5.41, 5.74) is 0. The van der Waals surface area contributed by atoms with E-state index in [1.54, 1.807) is 0 Å². The number of aliphatic hydroxyl groups is 2. The number of hydrogen-bond acceptors (Lipinski definition) is 2. The van der Waals surface area contributed by atoms with E-state index < -0.39 is 0 Å². The highest BCUT2D eigenvalue weighted by Crippen LogP contribution is 2.07. The van der Waals surface area contributed by atoms with Crippen molar-refractivity contribution >= 4 is 11.6 Å². The van der Waals surface area contributed by atoms with Crippen molar-refractivity contribution in [3.8, 4) is 0 Å². The molecule has 2 N–H and O–H groups in total. The van der Waals surface area contributed by atoms with Crippen LogP contribution in [-0.4, -0.2) is 28.8 Å². The van der Waals surface area contributed by atoms with Gasteiger partial charge in [-0.15, -0.1) is 11.6 Å². The van der Waals surface area contributed by atoms with Crippen LogP contribution in [0, 0.1) is 0 Å². The summed E-state index contributed by atoms with van der Waals surface area (Å²) in [5.74, 6) is 0. The van der Waals surface area contributed by atoms with Gasteiger partial charge in [0.05, 0.1) is 12.0 Å². The third kappa shape index (κ3) is 6.33. The van der Waals surface area contributed by atoms with Gasteiger partial charge in [0.25, 0.3) is 0 Å². The molecule has 0 aliphatic rings. The molecular formula is C7H15ClO2. The van der Waals surface area contributed by atoms with E-state index >= 15 is 0 Å². The van der Waals surface area contributed by atoms with Gasteiger partial charge < -0.3 is 10.2 Å². The molecule has 0 rings (SSSR count). The summed E-state index contributed by atoms with van der Waals surface area (Å²) >= 11 is 5.63. The van der Waals surface area contributed by atoms with Crippen molar-refractivity contribution in [2.45, 2.75) is 31.1 Å². The fourth-order valence-corrected chi connectivity index (χ4v) is 0.900. The van der Waals surface area contributed by atoms with Crippen LogP contribution in [-0.2, 0) is 0 Å². The molecule has 62 valence electrons. The molecule has 10 heavy (non-hydrogen) atoms. The maximum atomic E-state index is 8.51. The molecule has 0 aliphatic heterocycles.